The highest BCUT2D eigenvalue weighted by molar-refractivity contribution is 5.53. The highest BCUT2D eigenvalue weighted by Gasteiger charge is 1.91. The monoisotopic (exact) mass is 228 g/mol. The standard InChI is InChI=1S/C18H12/c1-3-15-7-5-9-17(13-15)11-12-18-10-6-8-16(4-2)14-18/h1,4-10,13-14H,2H2. The molecule has 0 fully saturated rings. The van der Waals surface area contributed by atoms with E-state index < -0.39 is 0 Å². The molecule has 0 bridgehead atoms. The van der Waals surface area contributed by atoms with Crippen LogP contribution in [0.25, 0.3) is 6.08 Å². The van der Waals surface area contributed by atoms with Crippen LogP contribution >= 0.6 is 0 Å². The van der Waals surface area contributed by atoms with Gasteiger partial charge in [-0.05, 0) is 35.9 Å². The molecule has 0 aliphatic carbocycles. The first-order chi connectivity index (χ1) is 8.81. The fourth-order valence-corrected chi connectivity index (χ4v) is 1.57. The van der Waals surface area contributed by atoms with Gasteiger partial charge in [-0.2, -0.15) is 0 Å². The summed E-state index contributed by atoms with van der Waals surface area (Å²) < 4.78 is 0. The second-order valence-electron chi connectivity index (χ2n) is 3.80. The highest BCUT2D eigenvalue weighted by Crippen LogP contribution is 2.06. The van der Waals surface area contributed by atoms with Gasteiger partial charge in [-0.3, -0.25) is 0 Å². The van der Waals surface area contributed by atoms with Crippen molar-refractivity contribution in [2.75, 3.05) is 0 Å². The van der Waals surface area contributed by atoms with Crippen molar-refractivity contribution < 1.29 is 0 Å². The Labute approximate surface area is 108 Å². The Balaban J connectivity index is 2.31. The number of hydrogen-bond donors (Lipinski definition) is 0. The summed E-state index contributed by atoms with van der Waals surface area (Å²) in [5.74, 6) is 8.83. The summed E-state index contributed by atoms with van der Waals surface area (Å²) in [4.78, 5) is 0. The molecule has 0 saturated heterocycles. The minimum atomic E-state index is 0.849. The molecule has 0 heterocycles. The van der Waals surface area contributed by atoms with Crippen LogP contribution in [0.1, 0.15) is 22.3 Å². The summed E-state index contributed by atoms with van der Waals surface area (Å²) in [6.45, 7) is 3.74. The van der Waals surface area contributed by atoms with E-state index in [0.29, 0.717) is 0 Å². The van der Waals surface area contributed by atoms with Crippen molar-refractivity contribution in [2.24, 2.45) is 0 Å². The van der Waals surface area contributed by atoms with Crippen molar-refractivity contribution in [3.8, 4) is 24.2 Å². The molecule has 0 heteroatoms. The molecule has 84 valence electrons. The van der Waals surface area contributed by atoms with Gasteiger partial charge < -0.3 is 0 Å². The van der Waals surface area contributed by atoms with Crippen molar-refractivity contribution in [1.82, 2.24) is 0 Å². The van der Waals surface area contributed by atoms with Crippen LogP contribution < -0.4 is 0 Å². The molecule has 0 aliphatic rings. The summed E-state index contributed by atoms with van der Waals surface area (Å²) in [6.07, 6.45) is 7.16. The molecule has 2 rings (SSSR count). The van der Waals surface area contributed by atoms with Gasteiger partial charge in [0.05, 0.1) is 0 Å². The first kappa shape index (κ1) is 11.8. The topological polar surface area (TPSA) is 0 Å². The Morgan fingerprint density at radius 2 is 1.50 bits per heavy atom. The quantitative estimate of drug-likeness (QED) is 0.653. The fourth-order valence-electron chi connectivity index (χ4n) is 1.57. The molecule has 2 aromatic rings. The minimum Gasteiger partial charge on any atom is -0.115 e. The van der Waals surface area contributed by atoms with Gasteiger partial charge in [-0.25, -0.2) is 0 Å². The maximum atomic E-state index is 5.35. The SMILES string of the molecule is C#Cc1cccc(C#Cc2cccc(C=C)c2)c1. The van der Waals surface area contributed by atoms with E-state index in [-0.39, 0.29) is 0 Å². The van der Waals surface area contributed by atoms with Gasteiger partial charge >= 0.3 is 0 Å². The lowest BCUT2D eigenvalue weighted by molar-refractivity contribution is 1.58. The van der Waals surface area contributed by atoms with E-state index in [1.54, 1.807) is 0 Å². The zero-order valence-corrected chi connectivity index (χ0v) is 9.98. The summed E-state index contributed by atoms with van der Waals surface area (Å²) in [5.41, 5.74) is 3.81. The van der Waals surface area contributed by atoms with E-state index in [2.05, 4.69) is 24.3 Å². The third kappa shape index (κ3) is 2.91. The first-order valence-electron chi connectivity index (χ1n) is 5.63. The second kappa shape index (κ2) is 5.58. The minimum absolute atomic E-state index is 0.849. The number of hydrogen-bond acceptors (Lipinski definition) is 0. The molecule has 0 saturated carbocycles. The first-order valence-corrected chi connectivity index (χ1v) is 5.63. The molecular formula is C18H12. The molecule has 0 spiro atoms. The molecule has 18 heavy (non-hydrogen) atoms. The lowest BCUT2D eigenvalue weighted by atomic mass is 10.1. The van der Waals surface area contributed by atoms with Crippen LogP contribution in [0.3, 0.4) is 0 Å². The molecule has 2 aromatic carbocycles. The summed E-state index contributed by atoms with van der Waals surface area (Å²) in [7, 11) is 0. The van der Waals surface area contributed by atoms with Crippen LogP contribution in [0.4, 0.5) is 0 Å². The molecule has 0 aromatic heterocycles. The Hall–Kier alpha value is -2.70. The van der Waals surface area contributed by atoms with Crippen LogP contribution in [0, 0.1) is 24.2 Å². The lowest BCUT2D eigenvalue weighted by Gasteiger charge is -1.94. The molecule has 0 atom stereocenters. The molecule has 0 amide bonds. The molecule has 0 unspecified atom stereocenters. The van der Waals surface area contributed by atoms with Crippen molar-refractivity contribution in [2.45, 2.75) is 0 Å². The predicted molar refractivity (Wildman–Crippen MR) is 76.9 cm³/mol. The van der Waals surface area contributed by atoms with Crippen LogP contribution in [0.5, 0.6) is 0 Å². The van der Waals surface area contributed by atoms with Gasteiger partial charge in [0.15, 0.2) is 0 Å². The van der Waals surface area contributed by atoms with E-state index in [9.17, 15) is 0 Å². The lowest BCUT2D eigenvalue weighted by Crippen LogP contribution is -1.79. The largest absolute Gasteiger partial charge is 0.115 e. The van der Waals surface area contributed by atoms with Gasteiger partial charge in [0.2, 0.25) is 0 Å². The van der Waals surface area contributed by atoms with E-state index in [1.165, 1.54) is 0 Å². The Kier molecular flexibility index (Phi) is 3.65. The van der Waals surface area contributed by atoms with Crippen LogP contribution in [-0.2, 0) is 0 Å². The fraction of sp³-hybridized carbons (Fsp3) is 0. The number of rotatable bonds is 1. The summed E-state index contributed by atoms with van der Waals surface area (Å²) in [5, 5.41) is 0. The second-order valence-corrected chi connectivity index (χ2v) is 3.80. The van der Waals surface area contributed by atoms with Crippen molar-refractivity contribution in [3.05, 3.63) is 77.4 Å². The maximum Gasteiger partial charge on any atom is 0.0261 e. The number of terminal acetylenes is 1. The average Bonchev–Trinajstić information content (AvgIpc) is 2.45. The van der Waals surface area contributed by atoms with E-state index in [1.807, 2.05) is 54.6 Å². The molecule has 0 aliphatic heterocycles. The third-order valence-corrected chi connectivity index (χ3v) is 2.50. The van der Waals surface area contributed by atoms with E-state index >= 15 is 0 Å². The molecule has 0 N–H and O–H groups in total. The summed E-state index contributed by atoms with van der Waals surface area (Å²) in [6, 6.07) is 15.6. The van der Waals surface area contributed by atoms with Crippen molar-refractivity contribution in [1.29, 1.82) is 0 Å². The van der Waals surface area contributed by atoms with Crippen LogP contribution in [0.15, 0.2) is 55.1 Å². The molecule has 0 nitrogen and oxygen atoms in total. The Bertz CT molecular complexity index is 673. The maximum absolute atomic E-state index is 5.35. The zero-order valence-electron chi connectivity index (χ0n) is 9.98. The van der Waals surface area contributed by atoms with Gasteiger partial charge in [0.25, 0.3) is 0 Å². The molecule has 0 radical (unpaired) electrons. The van der Waals surface area contributed by atoms with Gasteiger partial charge in [0, 0.05) is 16.7 Å². The van der Waals surface area contributed by atoms with Gasteiger partial charge in [-0.15, -0.1) is 6.42 Å². The van der Waals surface area contributed by atoms with E-state index in [4.69, 9.17) is 6.42 Å². The third-order valence-electron chi connectivity index (χ3n) is 2.50. The van der Waals surface area contributed by atoms with Gasteiger partial charge in [0.1, 0.15) is 0 Å². The van der Waals surface area contributed by atoms with Crippen molar-refractivity contribution in [3.63, 3.8) is 0 Å². The zero-order chi connectivity index (χ0) is 12.8. The summed E-state index contributed by atoms with van der Waals surface area (Å²) >= 11 is 0. The van der Waals surface area contributed by atoms with Crippen molar-refractivity contribution >= 4 is 6.08 Å². The highest BCUT2D eigenvalue weighted by atomic mass is 13.9. The molecular weight excluding hydrogens is 216 g/mol. The van der Waals surface area contributed by atoms with E-state index in [0.717, 1.165) is 22.3 Å². The normalized spacial score (nSPS) is 8.83. The predicted octanol–water partition coefficient (Wildman–Crippen LogP) is 3.71. The smallest absolute Gasteiger partial charge is 0.0261 e. The van der Waals surface area contributed by atoms with Crippen LogP contribution in [-0.4, -0.2) is 0 Å². The van der Waals surface area contributed by atoms with Gasteiger partial charge in [-0.1, -0.05) is 48.6 Å². The van der Waals surface area contributed by atoms with Crippen LogP contribution in [0.2, 0.25) is 0 Å². The Morgan fingerprint density at radius 3 is 2.17 bits per heavy atom. The Morgan fingerprint density at radius 1 is 0.889 bits per heavy atom. The number of benzene rings is 2. The average molecular weight is 228 g/mol.